The smallest absolute Gasteiger partial charge is 0.0162 e. The molecule has 184 valence electrons. The molecule has 0 heterocycles. The van der Waals surface area contributed by atoms with Gasteiger partial charge in [0.15, 0.2) is 0 Å². The number of fused-ring (bicyclic) bond motifs is 1. The van der Waals surface area contributed by atoms with Crippen LogP contribution in [0.5, 0.6) is 0 Å². The maximum absolute atomic E-state index is 3.86. The molecule has 0 bridgehead atoms. The number of unbranched alkanes of at least 4 members (excludes halogenated alkanes) is 4. The van der Waals surface area contributed by atoms with Gasteiger partial charge in [-0.2, -0.15) is 0 Å². The van der Waals surface area contributed by atoms with Gasteiger partial charge in [-0.05, 0) is 117 Å². The molecule has 0 aromatic heterocycles. The predicted octanol–water partition coefficient (Wildman–Crippen LogP) is 10.3. The molecule has 33 heavy (non-hydrogen) atoms. The SMILES string of the molecule is C=CCCc1ccc(C2CCC(C3CCC4CC(CCCCCCC)CCC4C3)CC2)cc1. The van der Waals surface area contributed by atoms with Gasteiger partial charge >= 0.3 is 0 Å². The Morgan fingerprint density at radius 3 is 2.09 bits per heavy atom. The average molecular weight is 449 g/mol. The Hall–Kier alpha value is -1.04. The van der Waals surface area contributed by atoms with Crippen molar-refractivity contribution >= 4 is 0 Å². The Morgan fingerprint density at radius 1 is 0.727 bits per heavy atom. The predicted molar refractivity (Wildman–Crippen MR) is 145 cm³/mol. The maximum Gasteiger partial charge on any atom is -0.0162 e. The van der Waals surface area contributed by atoms with E-state index in [0.29, 0.717) is 0 Å². The molecule has 0 N–H and O–H groups in total. The number of hydrogen-bond acceptors (Lipinski definition) is 0. The summed E-state index contributed by atoms with van der Waals surface area (Å²) in [6, 6.07) is 9.59. The van der Waals surface area contributed by atoms with Crippen molar-refractivity contribution in [3.8, 4) is 0 Å². The van der Waals surface area contributed by atoms with Crippen LogP contribution in [0.2, 0.25) is 0 Å². The Balaban J connectivity index is 1.17. The van der Waals surface area contributed by atoms with E-state index in [1.54, 1.807) is 44.1 Å². The molecule has 1 aromatic rings. The number of hydrogen-bond donors (Lipinski definition) is 0. The monoisotopic (exact) mass is 448 g/mol. The second-order valence-corrected chi connectivity index (χ2v) is 12.2. The summed E-state index contributed by atoms with van der Waals surface area (Å²) >= 11 is 0. The van der Waals surface area contributed by atoms with Crippen LogP contribution in [0.1, 0.15) is 133 Å². The van der Waals surface area contributed by atoms with Crippen molar-refractivity contribution in [3.63, 3.8) is 0 Å². The number of aryl methyl sites for hydroxylation is 1. The molecule has 3 saturated carbocycles. The fourth-order valence-corrected chi connectivity index (χ4v) is 7.90. The lowest BCUT2D eigenvalue weighted by molar-refractivity contribution is 0.0613. The minimum absolute atomic E-state index is 0.818. The van der Waals surface area contributed by atoms with E-state index in [1.807, 2.05) is 6.08 Å². The molecule has 0 spiro atoms. The summed E-state index contributed by atoms with van der Waals surface area (Å²) in [4.78, 5) is 0. The van der Waals surface area contributed by atoms with Crippen molar-refractivity contribution in [2.75, 3.05) is 0 Å². The Kier molecular flexibility index (Phi) is 9.99. The van der Waals surface area contributed by atoms with Crippen molar-refractivity contribution < 1.29 is 0 Å². The van der Waals surface area contributed by atoms with Gasteiger partial charge in [0.1, 0.15) is 0 Å². The van der Waals surface area contributed by atoms with E-state index in [0.717, 1.165) is 48.3 Å². The van der Waals surface area contributed by atoms with Crippen LogP contribution in [0.15, 0.2) is 36.9 Å². The van der Waals surface area contributed by atoms with Crippen LogP contribution in [0.4, 0.5) is 0 Å². The third kappa shape index (κ3) is 7.22. The minimum Gasteiger partial charge on any atom is -0.103 e. The lowest BCUT2D eigenvalue weighted by Gasteiger charge is -2.45. The lowest BCUT2D eigenvalue weighted by atomic mass is 9.60. The molecule has 3 fully saturated rings. The van der Waals surface area contributed by atoms with Crippen LogP contribution in [0, 0.1) is 29.6 Å². The topological polar surface area (TPSA) is 0 Å². The first-order valence-corrected chi connectivity index (χ1v) is 15.0. The average Bonchev–Trinajstić information content (AvgIpc) is 2.87. The van der Waals surface area contributed by atoms with Crippen molar-refractivity contribution in [1.29, 1.82) is 0 Å². The van der Waals surface area contributed by atoms with Crippen LogP contribution in [-0.2, 0) is 6.42 Å². The Bertz CT molecular complexity index is 676. The molecule has 0 nitrogen and oxygen atoms in total. The highest BCUT2D eigenvalue weighted by molar-refractivity contribution is 5.26. The summed E-state index contributed by atoms with van der Waals surface area (Å²) in [5, 5.41) is 0. The first kappa shape index (κ1) is 25.1. The van der Waals surface area contributed by atoms with Gasteiger partial charge < -0.3 is 0 Å². The molecule has 1 aromatic carbocycles. The fourth-order valence-electron chi connectivity index (χ4n) is 7.90. The van der Waals surface area contributed by atoms with Crippen LogP contribution in [0.25, 0.3) is 0 Å². The van der Waals surface area contributed by atoms with Gasteiger partial charge in [-0.15, -0.1) is 6.58 Å². The molecule has 4 unspecified atom stereocenters. The third-order valence-corrected chi connectivity index (χ3v) is 10.0. The molecule has 0 amide bonds. The van der Waals surface area contributed by atoms with Crippen molar-refractivity contribution in [2.24, 2.45) is 29.6 Å². The number of rotatable bonds is 11. The van der Waals surface area contributed by atoms with E-state index in [-0.39, 0.29) is 0 Å². The molecular weight excluding hydrogens is 396 g/mol. The van der Waals surface area contributed by atoms with E-state index in [1.165, 1.54) is 69.8 Å². The molecule has 4 atom stereocenters. The Labute approximate surface area is 206 Å². The largest absolute Gasteiger partial charge is 0.103 e. The quantitative estimate of drug-likeness (QED) is 0.233. The summed E-state index contributed by atoms with van der Waals surface area (Å²) in [7, 11) is 0. The molecule has 0 aliphatic heterocycles. The maximum atomic E-state index is 3.86. The van der Waals surface area contributed by atoms with Gasteiger partial charge in [-0.3, -0.25) is 0 Å². The second kappa shape index (κ2) is 13.2. The molecule has 4 rings (SSSR count). The highest BCUT2D eigenvalue weighted by Crippen LogP contribution is 2.50. The number of benzene rings is 1. The molecule has 3 aliphatic carbocycles. The Morgan fingerprint density at radius 2 is 1.36 bits per heavy atom. The first-order chi connectivity index (χ1) is 16.3. The minimum atomic E-state index is 0.818. The second-order valence-electron chi connectivity index (χ2n) is 12.2. The zero-order chi connectivity index (χ0) is 22.9. The molecule has 0 heteroatoms. The normalized spacial score (nSPS) is 32.3. The van der Waals surface area contributed by atoms with Crippen LogP contribution in [0.3, 0.4) is 0 Å². The van der Waals surface area contributed by atoms with Crippen LogP contribution >= 0.6 is 0 Å². The van der Waals surface area contributed by atoms with Gasteiger partial charge in [0, 0.05) is 0 Å². The number of allylic oxidation sites excluding steroid dienone is 1. The summed E-state index contributed by atoms with van der Waals surface area (Å²) in [5.74, 6) is 6.15. The van der Waals surface area contributed by atoms with E-state index < -0.39 is 0 Å². The van der Waals surface area contributed by atoms with E-state index >= 15 is 0 Å². The van der Waals surface area contributed by atoms with Crippen molar-refractivity contribution in [1.82, 2.24) is 0 Å². The van der Waals surface area contributed by atoms with Crippen LogP contribution in [-0.4, -0.2) is 0 Å². The standard InChI is InChI=1S/C33H52/c1-3-5-7-8-9-11-27-14-17-33-25-32(23-22-31(33)24-27)30-20-18-29(19-21-30)28-15-12-26(13-16-28)10-6-4-2/h4,12-13,15-16,27,29-33H,2-3,5-11,14,17-25H2,1H3. The van der Waals surface area contributed by atoms with E-state index in [4.69, 9.17) is 0 Å². The third-order valence-electron chi connectivity index (χ3n) is 10.0. The highest BCUT2D eigenvalue weighted by Gasteiger charge is 2.38. The van der Waals surface area contributed by atoms with Crippen molar-refractivity contribution in [3.05, 3.63) is 48.0 Å². The highest BCUT2D eigenvalue weighted by atomic mass is 14.4. The summed E-state index contributed by atoms with van der Waals surface area (Å²) in [6.07, 6.45) is 28.3. The fraction of sp³-hybridized carbons (Fsp3) is 0.758. The summed E-state index contributed by atoms with van der Waals surface area (Å²) < 4.78 is 0. The molecule has 0 saturated heterocycles. The van der Waals surface area contributed by atoms with Crippen LogP contribution < -0.4 is 0 Å². The molecule has 3 aliphatic rings. The first-order valence-electron chi connectivity index (χ1n) is 15.0. The zero-order valence-electron chi connectivity index (χ0n) is 21.8. The van der Waals surface area contributed by atoms with Gasteiger partial charge in [-0.1, -0.05) is 82.2 Å². The van der Waals surface area contributed by atoms with E-state index in [2.05, 4.69) is 37.8 Å². The van der Waals surface area contributed by atoms with Crippen molar-refractivity contribution in [2.45, 2.75) is 128 Å². The summed E-state index contributed by atoms with van der Waals surface area (Å²) in [6.45, 7) is 6.18. The van der Waals surface area contributed by atoms with E-state index in [9.17, 15) is 0 Å². The molecular formula is C33H52. The molecule has 0 radical (unpaired) electrons. The van der Waals surface area contributed by atoms with Gasteiger partial charge in [0.25, 0.3) is 0 Å². The van der Waals surface area contributed by atoms with Gasteiger partial charge in [0.2, 0.25) is 0 Å². The lowest BCUT2D eigenvalue weighted by Crippen LogP contribution is -2.34. The zero-order valence-corrected chi connectivity index (χ0v) is 21.8. The summed E-state index contributed by atoms with van der Waals surface area (Å²) in [5.41, 5.74) is 3.07. The van der Waals surface area contributed by atoms with Gasteiger partial charge in [-0.25, -0.2) is 0 Å². The van der Waals surface area contributed by atoms with Gasteiger partial charge in [0.05, 0.1) is 0 Å².